The monoisotopic (exact) mass is 295 g/mol. The molecule has 0 spiro atoms. The van der Waals surface area contributed by atoms with Crippen LogP contribution in [0.4, 0.5) is 4.39 Å². The Balaban J connectivity index is 1.75. The molecule has 22 heavy (non-hydrogen) atoms. The highest BCUT2D eigenvalue weighted by Crippen LogP contribution is 2.44. The largest absolute Gasteiger partial charge is 0.206 e. The van der Waals surface area contributed by atoms with Gasteiger partial charge in [0.1, 0.15) is 11.9 Å². The highest BCUT2D eigenvalue weighted by Gasteiger charge is 2.27. The minimum absolute atomic E-state index is 0.145. The van der Waals surface area contributed by atoms with Crippen LogP contribution in [0.15, 0.2) is 41.5 Å². The molecule has 0 heterocycles. The van der Waals surface area contributed by atoms with Gasteiger partial charge in [-0.05, 0) is 75.0 Å². The molecule has 1 aromatic carbocycles. The molecule has 114 valence electrons. The lowest BCUT2D eigenvalue weighted by atomic mass is 9.72. The summed E-state index contributed by atoms with van der Waals surface area (Å²) in [5, 5.41) is 8.84. The van der Waals surface area contributed by atoms with E-state index in [2.05, 4.69) is 19.1 Å². The van der Waals surface area contributed by atoms with E-state index in [4.69, 9.17) is 5.26 Å². The van der Waals surface area contributed by atoms with Gasteiger partial charge in [-0.2, -0.15) is 5.26 Å². The summed E-state index contributed by atoms with van der Waals surface area (Å²) < 4.78 is 13.8. The Morgan fingerprint density at radius 2 is 1.95 bits per heavy atom. The van der Waals surface area contributed by atoms with E-state index in [0.29, 0.717) is 11.8 Å². The van der Waals surface area contributed by atoms with E-state index in [1.165, 1.54) is 19.3 Å². The molecular formula is C20H22FN. The first-order valence-corrected chi connectivity index (χ1v) is 8.23. The third-order valence-electron chi connectivity index (χ3n) is 5.16. The minimum atomic E-state index is -0.378. The topological polar surface area (TPSA) is 23.8 Å². The first-order valence-electron chi connectivity index (χ1n) is 8.23. The van der Waals surface area contributed by atoms with Crippen molar-refractivity contribution < 1.29 is 4.39 Å². The fraction of sp³-hybridized carbons (Fsp3) is 0.450. The van der Waals surface area contributed by atoms with Gasteiger partial charge in [-0.25, -0.2) is 4.39 Å². The van der Waals surface area contributed by atoms with Crippen LogP contribution in [0.2, 0.25) is 0 Å². The maximum absolute atomic E-state index is 13.8. The molecule has 2 atom stereocenters. The van der Waals surface area contributed by atoms with Gasteiger partial charge in [-0.15, -0.1) is 0 Å². The Morgan fingerprint density at radius 3 is 2.68 bits per heavy atom. The lowest BCUT2D eigenvalue weighted by molar-refractivity contribution is 0.461. The van der Waals surface area contributed by atoms with Crippen molar-refractivity contribution in [2.45, 2.75) is 51.4 Å². The summed E-state index contributed by atoms with van der Waals surface area (Å²) >= 11 is 0. The lowest BCUT2D eigenvalue weighted by Crippen LogP contribution is -2.16. The predicted molar refractivity (Wildman–Crippen MR) is 86.9 cm³/mol. The van der Waals surface area contributed by atoms with E-state index in [1.54, 1.807) is 23.3 Å². The van der Waals surface area contributed by atoms with Crippen molar-refractivity contribution in [1.29, 1.82) is 5.26 Å². The highest BCUT2D eigenvalue weighted by atomic mass is 19.1. The molecule has 0 bridgehead atoms. The lowest BCUT2D eigenvalue weighted by Gasteiger charge is -2.33. The van der Waals surface area contributed by atoms with Crippen molar-refractivity contribution in [2.24, 2.45) is 5.92 Å². The summed E-state index contributed by atoms with van der Waals surface area (Å²) in [4.78, 5) is 0. The quantitative estimate of drug-likeness (QED) is 0.648. The van der Waals surface area contributed by atoms with E-state index in [9.17, 15) is 4.39 Å². The fourth-order valence-corrected chi connectivity index (χ4v) is 3.97. The first kappa shape index (κ1) is 15.0. The number of halogens is 1. The Labute approximate surface area is 132 Å². The molecule has 0 aromatic heterocycles. The van der Waals surface area contributed by atoms with Crippen molar-refractivity contribution in [3.63, 3.8) is 0 Å². The van der Waals surface area contributed by atoms with Gasteiger partial charge in [0.25, 0.3) is 0 Å². The zero-order valence-electron chi connectivity index (χ0n) is 13.1. The van der Waals surface area contributed by atoms with Crippen molar-refractivity contribution in [3.05, 3.63) is 58.4 Å². The zero-order valence-corrected chi connectivity index (χ0v) is 13.1. The number of allylic oxidation sites excluding steroid dienone is 4. The van der Waals surface area contributed by atoms with Crippen LogP contribution in [0, 0.1) is 23.1 Å². The third kappa shape index (κ3) is 2.99. The molecule has 1 aromatic rings. The van der Waals surface area contributed by atoms with Crippen LogP contribution in [-0.2, 0) is 0 Å². The molecule has 1 nitrogen and oxygen atoms in total. The summed E-state index contributed by atoms with van der Waals surface area (Å²) in [6.07, 6.45) is 11.5. The highest BCUT2D eigenvalue weighted by molar-refractivity contribution is 5.36. The second-order valence-electron chi connectivity index (χ2n) is 6.53. The van der Waals surface area contributed by atoms with Crippen LogP contribution >= 0.6 is 0 Å². The van der Waals surface area contributed by atoms with Crippen LogP contribution in [0.1, 0.15) is 62.5 Å². The average Bonchev–Trinajstić information content (AvgIpc) is 2.54. The van der Waals surface area contributed by atoms with Gasteiger partial charge in [0.15, 0.2) is 0 Å². The van der Waals surface area contributed by atoms with Gasteiger partial charge in [0.05, 0.1) is 5.56 Å². The van der Waals surface area contributed by atoms with Crippen LogP contribution in [0.3, 0.4) is 0 Å². The van der Waals surface area contributed by atoms with Gasteiger partial charge in [-0.1, -0.05) is 29.4 Å². The summed E-state index contributed by atoms with van der Waals surface area (Å²) in [5.41, 5.74) is 4.46. The summed E-state index contributed by atoms with van der Waals surface area (Å²) in [5.74, 6) is 0.753. The molecule has 2 aliphatic carbocycles. The standard InChI is InChI=1S/C20H22FN/c1-2-3-14-4-5-16-11-17(7-6-15(16)10-14)18-8-9-19(13-22)20(21)12-18/h2-3,8-9,12,14,17H,4-7,10-11H2,1H3/b3-2+. The molecule has 2 unspecified atom stereocenters. The van der Waals surface area contributed by atoms with Crippen LogP contribution in [0.25, 0.3) is 0 Å². The van der Waals surface area contributed by atoms with Crippen LogP contribution < -0.4 is 0 Å². The normalized spacial score (nSPS) is 25.1. The number of rotatable bonds is 2. The van der Waals surface area contributed by atoms with Crippen molar-refractivity contribution in [3.8, 4) is 6.07 Å². The Morgan fingerprint density at radius 1 is 1.18 bits per heavy atom. The molecule has 3 rings (SSSR count). The smallest absolute Gasteiger partial charge is 0.141 e. The van der Waals surface area contributed by atoms with Crippen LogP contribution in [0.5, 0.6) is 0 Å². The van der Waals surface area contributed by atoms with Gasteiger partial charge < -0.3 is 0 Å². The van der Waals surface area contributed by atoms with E-state index in [0.717, 1.165) is 24.8 Å². The minimum Gasteiger partial charge on any atom is -0.206 e. The van der Waals surface area contributed by atoms with Gasteiger partial charge in [0.2, 0.25) is 0 Å². The number of benzene rings is 1. The maximum Gasteiger partial charge on any atom is 0.141 e. The SMILES string of the molecule is C/C=C/C1CCC2=C(CCC(c3ccc(C#N)c(F)c3)C2)C1. The Hall–Kier alpha value is -1.88. The van der Waals surface area contributed by atoms with Gasteiger partial charge in [-0.3, -0.25) is 0 Å². The molecule has 2 aliphatic rings. The average molecular weight is 295 g/mol. The third-order valence-corrected chi connectivity index (χ3v) is 5.16. The number of nitrogens with zero attached hydrogens (tertiary/aromatic N) is 1. The molecule has 0 amide bonds. The first-order chi connectivity index (χ1) is 10.7. The Bertz CT molecular complexity index is 663. The number of hydrogen-bond acceptors (Lipinski definition) is 1. The fourth-order valence-electron chi connectivity index (χ4n) is 3.97. The molecule has 0 fully saturated rings. The summed E-state index contributed by atoms with van der Waals surface area (Å²) in [6, 6.07) is 7.02. The van der Waals surface area contributed by atoms with Crippen molar-refractivity contribution in [1.82, 2.24) is 0 Å². The van der Waals surface area contributed by atoms with Crippen molar-refractivity contribution in [2.75, 3.05) is 0 Å². The second kappa shape index (κ2) is 6.48. The van der Waals surface area contributed by atoms with E-state index in [1.807, 2.05) is 12.1 Å². The van der Waals surface area contributed by atoms with Crippen LogP contribution in [-0.4, -0.2) is 0 Å². The second-order valence-corrected chi connectivity index (χ2v) is 6.53. The maximum atomic E-state index is 13.8. The number of hydrogen-bond donors (Lipinski definition) is 0. The zero-order chi connectivity index (χ0) is 15.5. The van der Waals surface area contributed by atoms with Gasteiger partial charge >= 0.3 is 0 Å². The molecular weight excluding hydrogens is 273 g/mol. The Kier molecular flexibility index (Phi) is 4.43. The molecule has 0 N–H and O–H groups in total. The number of nitriles is 1. The molecule has 2 heteroatoms. The molecule has 0 aliphatic heterocycles. The summed E-state index contributed by atoms with van der Waals surface area (Å²) in [6.45, 7) is 2.10. The van der Waals surface area contributed by atoms with E-state index in [-0.39, 0.29) is 11.4 Å². The van der Waals surface area contributed by atoms with E-state index < -0.39 is 0 Å². The van der Waals surface area contributed by atoms with Gasteiger partial charge in [0, 0.05) is 0 Å². The van der Waals surface area contributed by atoms with E-state index >= 15 is 0 Å². The predicted octanol–water partition coefficient (Wildman–Crippen LogP) is 5.64. The molecule has 0 radical (unpaired) electrons. The summed E-state index contributed by atoms with van der Waals surface area (Å²) in [7, 11) is 0. The van der Waals surface area contributed by atoms with Crippen molar-refractivity contribution >= 4 is 0 Å². The molecule has 0 saturated carbocycles. The molecule has 0 saturated heterocycles.